The first-order valence-corrected chi connectivity index (χ1v) is 12.1. The van der Waals surface area contributed by atoms with Crippen LogP contribution in [0.15, 0.2) is 30.3 Å². The summed E-state index contributed by atoms with van der Waals surface area (Å²) in [5.41, 5.74) is 1.03. The Morgan fingerprint density at radius 2 is 1.69 bits per heavy atom. The van der Waals surface area contributed by atoms with Gasteiger partial charge in [-0.15, -0.1) is 0 Å². The van der Waals surface area contributed by atoms with Crippen molar-refractivity contribution in [3.8, 4) is 0 Å². The van der Waals surface area contributed by atoms with Gasteiger partial charge in [-0.25, -0.2) is 4.79 Å². The van der Waals surface area contributed by atoms with Gasteiger partial charge < -0.3 is 20.3 Å². The van der Waals surface area contributed by atoms with Crippen LogP contribution in [-0.2, 0) is 16.1 Å². The highest BCUT2D eigenvalue weighted by molar-refractivity contribution is 5.87. The lowest BCUT2D eigenvalue weighted by Gasteiger charge is -2.40. The predicted molar refractivity (Wildman–Crippen MR) is 126 cm³/mol. The summed E-state index contributed by atoms with van der Waals surface area (Å²) in [6.07, 6.45) is 2.59. The van der Waals surface area contributed by atoms with Gasteiger partial charge in [-0.05, 0) is 44.1 Å². The van der Waals surface area contributed by atoms with Gasteiger partial charge in [-0.1, -0.05) is 44.2 Å². The highest BCUT2D eigenvalue weighted by atomic mass is 16.5. The minimum atomic E-state index is -0.511. The molecule has 2 aliphatic heterocycles. The highest BCUT2D eigenvalue weighted by Gasteiger charge is 2.32. The van der Waals surface area contributed by atoms with Crippen molar-refractivity contribution in [1.29, 1.82) is 0 Å². The molecule has 0 aliphatic carbocycles. The Kier molecular flexibility index (Phi) is 8.93. The van der Waals surface area contributed by atoms with E-state index in [0.717, 1.165) is 51.1 Å². The zero-order valence-corrected chi connectivity index (χ0v) is 20.0. The number of carbonyl (C=O) groups is 2. The molecule has 32 heavy (non-hydrogen) atoms. The maximum absolute atomic E-state index is 13.2. The molecule has 3 amide bonds. The molecule has 0 aromatic heterocycles. The molecule has 1 aromatic rings. The largest absolute Gasteiger partial charge is 0.373 e. The molecule has 2 saturated heterocycles. The van der Waals surface area contributed by atoms with Crippen LogP contribution in [-0.4, -0.2) is 72.7 Å². The van der Waals surface area contributed by atoms with Gasteiger partial charge in [-0.2, -0.15) is 0 Å². The monoisotopic (exact) mass is 444 g/mol. The summed E-state index contributed by atoms with van der Waals surface area (Å²) in [6.45, 7) is 13.2. The number of rotatable bonds is 7. The van der Waals surface area contributed by atoms with E-state index in [2.05, 4.69) is 29.4 Å². The molecular formula is C25H40N4O3. The molecule has 2 fully saturated rings. The van der Waals surface area contributed by atoms with Crippen molar-refractivity contribution in [2.45, 2.75) is 65.3 Å². The molecule has 2 heterocycles. The summed E-state index contributed by atoms with van der Waals surface area (Å²) in [5, 5.41) is 5.77. The molecule has 3 atom stereocenters. The fraction of sp³-hybridized carbons (Fsp3) is 0.680. The van der Waals surface area contributed by atoms with Crippen molar-refractivity contribution in [3.63, 3.8) is 0 Å². The molecule has 3 unspecified atom stereocenters. The quantitative estimate of drug-likeness (QED) is 0.678. The van der Waals surface area contributed by atoms with Gasteiger partial charge in [0.25, 0.3) is 0 Å². The van der Waals surface area contributed by atoms with Crippen molar-refractivity contribution in [3.05, 3.63) is 35.9 Å². The van der Waals surface area contributed by atoms with E-state index in [0.29, 0.717) is 12.5 Å². The Bertz CT molecular complexity index is 724. The molecule has 1 aromatic carbocycles. The molecule has 7 nitrogen and oxygen atoms in total. The number of piperidine rings is 1. The number of hydrogen-bond acceptors (Lipinski definition) is 4. The van der Waals surface area contributed by atoms with E-state index in [1.165, 1.54) is 0 Å². The van der Waals surface area contributed by atoms with E-state index in [1.54, 1.807) is 0 Å². The van der Waals surface area contributed by atoms with E-state index >= 15 is 0 Å². The predicted octanol–water partition coefficient (Wildman–Crippen LogP) is 2.86. The van der Waals surface area contributed by atoms with E-state index in [4.69, 9.17) is 4.74 Å². The van der Waals surface area contributed by atoms with Crippen LogP contribution in [0.25, 0.3) is 0 Å². The molecule has 0 saturated carbocycles. The van der Waals surface area contributed by atoms with Gasteiger partial charge in [0.05, 0.1) is 12.2 Å². The van der Waals surface area contributed by atoms with Crippen LogP contribution in [0.1, 0.15) is 46.1 Å². The summed E-state index contributed by atoms with van der Waals surface area (Å²) >= 11 is 0. The average molecular weight is 445 g/mol. The lowest BCUT2D eigenvalue weighted by Crippen LogP contribution is -2.55. The normalized spacial score (nSPS) is 23.7. The number of morpholine rings is 1. The molecule has 178 valence electrons. The fourth-order valence-corrected chi connectivity index (χ4v) is 4.82. The van der Waals surface area contributed by atoms with Crippen molar-refractivity contribution in [2.75, 3.05) is 32.7 Å². The van der Waals surface area contributed by atoms with Crippen LogP contribution >= 0.6 is 0 Å². The molecule has 2 aliphatic rings. The summed E-state index contributed by atoms with van der Waals surface area (Å²) in [6, 6.07) is 8.96. The number of nitrogens with zero attached hydrogens (tertiary/aromatic N) is 2. The Hall–Kier alpha value is -2.12. The Morgan fingerprint density at radius 3 is 2.28 bits per heavy atom. The molecule has 0 bridgehead atoms. The number of carbonyl (C=O) groups excluding carboxylic acids is 2. The minimum Gasteiger partial charge on any atom is -0.373 e. The average Bonchev–Trinajstić information content (AvgIpc) is 2.76. The van der Waals surface area contributed by atoms with Gasteiger partial charge in [0, 0.05) is 39.3 Å². The summed E-state index contributed by atoms with van der Waals surface area (Å²) in [7, 11) is 0. The van der Waals surface area contributed by atoms with E-state index in [1.807, 2.05) is 49.1 Å². The van der Waals surface area contributed by atoms with Gasteiger partial charge in [0.2, 0.25) is 5.91 Å². The summed E-state index contributed by atoms with van der Waals surface area (Å²) in [4.78, 5) is 30.1. The Morgan fingerprint density at radius 1 is 1.06 bits per heavy atom. The zero-order valence-electron chi connectivity index (χ0n) is 20.0. The fourth-order valence-electron chi connectivity index (χ4n) is 4.82. The molecule has 0 radical (unpaired) electrons. The van der Waals surface area contributed by atoms with E-state index < -0.39 is 6.04 Å². The SMILES string of the molecule is CC1CN(CC2CCN(C(=O)C(NC(=O)NCc3ccccc3)C(C)C)CC2)CC(C)O1. The second-order valence-corrected chi connectivity index (χ2v) is 9.78. The number of ether oxygens (including phenoxy) is 1. The van der Waals surface area contributed by atoms with Gasteiger partial charge in [-0.3, -0.25) is 9.69 Å². The number of hydrogen-bond donors (Lipinski definition) is 2. The van der Waals surface area contributed by atoms with Crippen molar-refractivity contribution in [2.24, 2.45) is 11.8 Å². The zero-order chi connectivity index (χ0) is 23.1. The standard InChI is InChI=1S/C25H40N4O3/c1-18(2)23(27-25(31)26-14-21-8-6-5-7-9-21)24(30)29-12-10-22(11-13-29)17-28-15-19(3)32-20(4)16-28/h5-9,18-20,22-23H,10-17H2,1-4H3,(H2,26,27,31). The Balaban J connectivity index is 1.45. The lowest BCUT2D eigenvalue weighted by molar-refractivity contribution is -0.135. The third-order valence-corrected chi connectivity index (χ3v) is 6.45. The van der Waals surface area contributed by atoms with Crippen LogP contribution in [0, 0.1) is 11.8 Å². The molecule has 3 rings (SSSR count). The number of urea groups is 1. The van der Waals surface area contributed by atoms with Crippen LogP contribution in [0.4, 0.5) is 4.79 Å². The van der Waals surface area contributed by atoms with Crippen molar-refractivity contribution < 1.29 is 14.3 Å². The third kappa shape index (κ3) is 7.20. The topological polar surface area (TPSA) is 73.9 Å². The Labute approximate surface area is 192 Å². The number of nitrogens with one attached hydrogen (secondary N) is 2. The first-order valence-electron chi connectivity index (χ1n) is 12.1. The second-order valence-electron chi connectivity index (χ2n) is 9.78. The number of likely N-dealkylation sites (tertiary alicyclic amines) is 1. The summed E-state index contributed by atoms with van der Waals surface area (Å²) < 4.78 is 5.84. The van der Waals surface area contributed by atoms with Crippen LogP contribution in [0.3, 0.4) is 0 Å². The van der Waals surface area contributed by atoms with E-state index in [9.17, 15) is 9.59 Å². The minimum absolute atomic E-state index is 0.0269. The third-order valence-electron chi connectivity index (χ3n) is 6.45. The van der Waals surface area contributed by atoms with Crippen LogP contribution in [0.5, 0.6) is 0 Å². The maximum atomic E-state index is 13.2. The van der Waals surface area contributed by atoms with Gasteiger partial charge in [0.1, 0.15) is 6.04 Å². The van der Waals surface area contributed by atoms with Gasteiger partial charge in [0.15, 0.2) is 0 Å². The number of benzene rings is 1. The molecule has 0 spiro atoms. The van der Waals surface area contributed by atoms with Crippen LogP contribution in [0.2, 0.25) is 0 Å². The molecule has 7 heteroatoms. The lowest BCUT2D eigenvalue weighted by atomic mass is 9.94. The highest BCUT2D eigenvalue weighted by Crippen LogP contribution is 2.22. The van der Waals surface area contributed by atoms with Gasteiger partial charge >= 0.3 is 6.03 Å². The molecule has 2 N–H and O–H groups in total. The van der Waals surface area contributed by atoms with E-state index in [-0.39, 0.29) is 30.1 Å². The first-order chi connectivity index (χ1) is 15.3. The second kappa shape index (κ2) is 11.7. The molecular weight excluding hydrogens is 404 g/mol. The first kappa shape index (κ1) is 24.5. The van der Waals surface area contributed by atoms with Crippen LogP contribution < -0.4 is 10.6 Å². The summed E-state index contributed by atoms with van der Waals surface area (Å²) in [5.74, 6) is 0.664. The van der Waals surface area contributed by atoms with Crippen molar-refractivity contribution >= 4 is 11.9 Å². The van der Waals surface area contributed by atoms with Crippen molar-refractivity contribution in [1.82, 2.24) is 20.4 Å². The smallest absolute Gasteiger partial charge is 0.315 e. The maximum Gasteiger partial charge on any atom is 0.315 e. The number of amides is 3.